The number of hydrogen-bond donors (Lipinski definition) is 1. The summed E-state index contributed by atoms with van der Waals surface area (Å²) >= 11 is 0. The summed E-state index contributed by atoms with van der Waals surface area (Å²) in [5.41, 5.74) is 1.23. The summed E-state index contributed by atoms with van der Waals surface area (Å²) in [7, 11) is 0. The Balaban J connectivity index is 2.26. The number of ether oxygens (including phenoxy) is 2. The summed E-state index contributed by atoms with van der Waals surface area (Å²) in [6.45, 7) is 7.70. The van der Waals surface area contributed by atoms with Gasteiger partial charge in [-0.15, -0.1) is 0 Å². The average Bonchev–Trinajstić information content (AvgIpc) is 2.53. The van der Waals surface area contributed by atoms with Crippen LogP contribution in [0.5, 0.6) is 5.75 Å². The van der Waals surface area contributed by atoms with Crippen LogP contribution in [-0.2, 0) is 20.7 Å². The van der Waals surface area contributed by atoms with Crippen LogP contribution in [0.3, 0.4) is 0 Å². The van der Waals surface area contributed by atoms with Gasteiger partial charge in [-0.2, -0.15) is 13.2 Å². The van der Waals surface area contributed by atoms with Gasteiger partial charge in [0.25, 0.3) is 0 Å². The second-order valence-corrected chi connectivity index (χ2v) is 7.32. The van der Waals surface area contributed by atoms with E-state index in [0.717, 1.165) is 17.7 Å². The van der Waals surface area contributed by atoms with Crippen LogP contribution in [-0.4, -0.2) is 37.8 Å². The van der Waals surface area contributed by atoms with Gasteiger partial charge in [0.1, 0.15) is 5.75 Å². The lowest BCUT2D eigenvalue weighted by Gasteiger charge is -2.18. The predicted molar refractivity (Wildman–Crippen MR) is 94.4 cm³/mol. The van der Waals surface area contributed by atoms with Crippen LogP contribution in [0, 0.1) is 5.41 Å². The summed E-state index contributed by atoms with van der Waals surface area (Å²) in [6, 6.07) is 7.64. The third-order valence-corrected chi connectivity index (χ3v) is 3.55. The van der Waals surface area contributed by atoms with Gasteiger partial charge in [-0.3, -0.25) is 4.79 Å². The van der Waals surface area contributed by atoms with Crippen molar-refractivity contribution >= 4 is 11.9 Å². The Morgan fingerprint density at radius 1 is 1.11 bits per heavy atom. The molecule has 0 saturated heterocycles. The minimum atomic E-state index is -5.16. The van der Waals surface area contributed by atoms with Crippen LogP contribution in [0.25, 0.3) is 0 Å². The van der Waals surface area contributed by atoms with Crippen LogP contribution >= 0.6 is 0 Å². The van der Waals surface area contributed by atoms with E-state index >= 15 is 0 Å². The molecule has 1 aromatic carbocycles. The molecule has 0 saturated carbocycles. The van der Waals surface area contributed by atoms with Crippen LogP contribution in [0.1, 0.15) is 39.2 Å². The van der Waals surface area contributed by atoms with E-state index in [4.69, 9.17) is 4.74 Å². The lowest BCUT2D eigenvalue weighted by Crippen LogP contribution is -2.29. The van der Waals surface area contributed by atoms with E-state index in [1.54, 1.807) is 0 Å². The number of benzene rings is 1. The predicted octanol–water partition coefficient (Wildman–Crippen LogP) is 3.66. The van der Waals surface area contributed by atoms with E-state index in [9.17, 15) is 22.8 Å². The Labute approximate surface area is 157 Å². The molecule has 0 radical (unpaired) electrons. The highest BCUT2D eigenvalue weighted by molar-refractivity contribution is 5.88. The van der Waals surface area contributed by atoms with Crippen molar-refractivity contribution in [3.63, 3.8) is 0 Å². The number of halogens is 3. The number of carbonyl (C=O) groups excluding carboxylic acids is 2. The monoisotopic (exact) mass is 389 g/mol. The van der Waals surface area contributed by atoms with E-state index in [-0.39, 0.29) is 18.4 Å². The largest absolute Gasteiger partial charge is 0.494 e. The summed E-state index contributed by atoms with van der Waals surface area (Å²) in [4.78, 5) is 21.7. The van der Waals surface area contributed by atoms with Crippen LogP contribution in [0.4, 0.5) is 13.2 Å². The minimum absolute atomic E-state index is 0.117. The molecule has 0 fully saturated rings. The maximum atomic E-state index is 12.0. The molecule has 0 bridgehead atoms. The van der Waals surface area contributed by atoms with E-state index in [1.807, 2.05) is 24.3 Å². The molecule has 1 N–H and O–H groups in total. The van der Waals surface area contributed by atoms with E-state index in [2.05, 4.69) is 30.8 Å². The molecular weight excluding hydrogens is 363 g/mol. The van der Waals surface area contributed by atoms with Crippen molar-refractivity contribution in [1.82, 2.24) is 5.32 Å². The maximum Gasteiger partial charge on any atom is 0.491 e. The number of alkyl halides is 3. The highest BCUT2D eigenvalue weighted by Gasteiger charge is 2.42. The third kappa shape index (κ3) is 10.6. The van der Waals surface area contributed by atoms with Gasteiger partial charge in [0.05, 0.1) is 13.0 Å². The SMILES string of the molecule is CC(C)(C)CCOc1cccc(CCNCCC(=O)OC(=O)C(F)(F)F)c1. The molecule has 1 aromatic rings. The Morgan fingerprint density at radius 3 is 2.44 bits per heavy atom. The highest BCUT2D eigenvalue weighted by Crippen LogP contribution is 2.20. The molecule has 0 atom stereocenters. The third-order valence-electron chi connectivity index (χ3n) is 3.55. The number of esters is 2. The van der Waals surface area contributed by atoms with Crippen molar-refractivity contribution in [2.24, 2.45) is 5.41 Å². The summed E-state index contributed by atoms with van der Waals surface area (Å²) in [5, 5.41) is 2.93. The van der Waals surface area contributed by atoms with Gasteiger partial charge in [0.15, 0.2) is 0 Å². The zero-order chi connectivity index (χ0) is 20.5. The fraction of sp³-hybridized carbons (Fsp3) is 0.579. The van der Waals surface area contributed by atoms with Gasteiger partial charge in [-0.05, 0) is 42.5 Å². The van der Waals surface area contributed by atoms with Crippen LogP contribution in [0.15, 0.2) is 24.3 Å². The number of carbonyl (C=O) groups is 2. The molecule has 0 unspecified atom stereocenters. The van der Waals surface area contributed by atoms with Crippen molar-refractivity contribution in [3.05, 3.63) is 29.8 Å². The van der Waals surface area contributed by atoms with Gasteiger partial charge < -0.3 is 14.8 Å². The van der Waals surface area contributed by atoms with Crippen molar-refractivity contribution in [1.29, 1.82) is 0 Å². The van der Waals surface area contributed by atoms with Gasteiger partial charge in [0, 0.05) is 6.54 Å². The van der Waals surface area contributed by atoms with Gasteiger partial charge in [-0.25, -0.2) is 4.79 Å². The smallest absolute Gasteiger partial charge is 0.491 e. The molecule has 5 nitrogen and oxygen atoms in total. The number of hydrogen-bond acceptors (Lipinski definition) is 5. The number of rotatable bonds is 9. The molecule has 0 aliphatic carbocycles. The Morgan fingerprint density at radius 2 is 1.81 bits per heavy atom. The standard InChI is InChI=1S/C19H26F3NO4/c1-18(2,3)9-12-26-15-6-4-5-14(13-15)7-10-23-11-8-16(24)27-17(25)19(20,21)22/h4-6,13,23H,7-12H2,1-3H3. The maximum absolute atomic E-state index is 12.0. The summed E-state index contributed by atoms with van der Waals surface area (Å²) in [6.07, 6.45) is -3.89. The molecule has 0 aliphatic rings. The fourth-order valence-electron chi connectivity index (χ4n) is 2.03. The summed E-state index contributed by atoms with van der Waals surface area (Å²) < 4.78 is 45.3. The number of nitrogens with one attached hydrogen (secondary N) is 1. The van der Waals surface area contributed by atoms with Crippen molar-refractivity contribution < 1.29 is 32.2 Å². The Bertz CT molecular complexity index is 624. The topological polar surface area (TPSA) is 64.6 Å². The van der Waals surface area contributed by atoms with Gasteiger partial charge in [0.2, 0.25) is 0 Å². The lowest BCUT2D eigenvalue weighted by molar-refractivity contribution is -0.201. The summed E-state index contributed by atoms with van der Waals surface area (Å²) in [5.74, 6) is -2.92. The van der Waals surface area contributed by atoms with E-state index < -0.39 is 18.1 Å². The average molecular weight is 389 g/mol. The zero-order valence-electron chi connectivity index (χ0n) is 15.8. The second-order valence-electron chi connectivity index (χ2n) is 7.32. The molecule has 0 amide bonds. The van der Waals surface area contributed by atoms with Crippen molar-refractivity contribution in [2.75, 3.05) is 19.7 Å². The first kappa shape index (κ1) is 23.0. The highest BCUT2D eigenvalue weighted by atomic mass is 19.4. The van der Waals surface area contributed by atoms with Gasteiger partial charge >= 0.3 is 18.1 Å². The first-order chi connectivity index (χ1) is 12.5. The van der Waals surface area contributed by atoms with Crippen molar-refractivity contribution in [3.8, 4) is 5.75 Å². The molecule has 152 valence electrons. The molecular formula is C19H26F3NO4. The Kier molecular flexibility index (Phi) is 8.75. The lowest BCUT2D eigenvalue weighted by atomic mass is 9.93. The normalized spacial score (nSPS) is 11.9. The molecule has 8 heteroatoms. The molecule has 0 heterocycles. The molecule has 0 aliphatic heterocycles. The van der Waals surface area contributed by atoms with Crippen LogP contribution < -0.4 is 10.1 Å². The van der Waals surface area contributed by atoms with E-state index in [1.165, 1.54) is 0 Å². The quantitative estimate of drug-likeness (QED) is 0.397. The zero-order valence-corrected chi connectivity index (χ0v) is 15.8. The van der Waals surface area contributed by atoms with Crippen LogP contribution in [0.2, 0.25) is 0 Å². The molecule has 1 rings (SSSR count). The van der Waals surface area contributed by atoms with Gasteiger partial charge in [-0.1, -0.05) is 32.9 Å². The first-order valence-electron chi connectivity index (χ1n) is 8.72. The second kappa shape index (κ2) is 10.3. The Hall–Kier alpha value is -2.09. The minimum Gasteiger partial charge on any atom is -0.494 e. The molecule has 0 spiro atoms. The van der Waals surface area contributed by atoms with Crippen molar-refractivity contribution in [2.45, 2.75) is 46.2 Å². The van der Waals surface area contributed by atoms with E-state index in [0.29, 0.717) is 19.6 Å². The molecule has 27 heavy (non-hydrogen) atoms. The molecule has 0 aromatic heterocycles. The fourth-order valence-corrected chi connectivity index (χ4v) is 2.03. The first-order valence-corrected chi connectivity index (χ1v) is 8.72.